The molecule has 6 N–H and O–H groups in total. The van der Waals surface area contributed by atoms with Crippen LogP contribution in [0.15, 0.2) is 18.2 Å². The van der Waals surface area contributed by atoms with Crippen LogP contribution in [-0.4, -0.2) is 30.4 Å². The Morgan fingerprint density at radius 1 is 1.13 bits per heavy atom. The minimum atomic E-state index is -1.57. The molecule has 0 aliphatic rings. The van der Waals surface area contributed by atoms with Crippen LogP contribution >= 0.6 is 23.2 Å². The minimum Gasteiger partial charge on any atom is -0.367 e. The monoisotopic (exact) mass is 360 g/mol. The second-order valence-electron chi connectivity index (χ2n) is 5.58. The Morgan fingerprint density at radius 3 is 2.17 bits per heavy atom. The molecule has 0 heterocycles. The van der Waals surface area contributed by atoms with Crippen molar-refractivity contribution in [3.63, 3.8) is 0 Å². The van der Waals surface area contributed by atoms with Gasteiger partial charge in [0.05, 0.1) is 10.0 Å². The molecule has 0 atom stereocenters. The lowest BCUT2D eigenvalue weighted by Gasteiger charge is -2.26. The van der Waals surface area contributed by atoms with Crippen LogP contribution in [0.1, 0.15) is 19.4 Å². The molecule has 1 aromatic carbocycles. The van der Waals surface area contributed by atoms with Crippen LogP contribution in [0.3, 0.4) is 0 Å². The van der Waals surface area contributed by atoms with E-state index in [9.17, 15) is 14.4 Å². The maximum Gasteiger partial charge on any atom is 0.315 e. The van der Waals surface area contributed by atoms with Gasteiger partial charge in [0.15, 0.2) is 6.04 Å². The quantitative estimate of drug-likeness (QED) is 0.562. The zero-order valence-corrected chi connectivity index (χ0v) is 14.2. The largest absolute Gasteiger partial charge is 0.367 e. The summed E-state index contributed by atoms with van der Waals surface area (Å²) in [5.41, 5.74) is 10.3. The number of carbonyl (C=O) groups excluding carboxylic acids is 3. The number of primary amides is 2. The first kappa shape index (κ1) is 19.1. The molecular weight excluding hydrogens is 343 g/mol. The molecule has 0 aliphatic heterocycles. The molecule has 9 heteroatoms. The highest BCUT2D eigenvalue weighted by Gasteiger charge is 2.26. The number of nitrogens with two attached hydrogens (primary N) is 2. The summed E-state index contributed by atoms with van der Waals surface area (Å²) < 4.78 is 0. The minimum absolute atomic E-state index is 0.209. The van der Waals surface area contributed by atoms with Gasteiger partial charge in [0.1, 0.15) is 0 Å². The highest BCUT2D eigenvalue weighted by atomic mass is 35.5. The summed E-state index contributed by atoms with van der Waals surface area (Å²) >= 11 is 11.9. The van der Waals surface area contributed by atoms with Gasteiger partial charge >= 0.3 is 6.03 Å². The summed E-state index contributed by atoms with van der Waals surface area (Å²) in [5.74, 6) is -2.06. The molecule has 1 rings (SSSR count). The molecule has 4 amide bonds. The van der Waals surface area contributed by atoms with Crippen LogP contribution in [0.5, 0.6) is 0 Å². The van der Waals surface area contributed by atoms with Gasteiger partial charge in [0, 0.05) is 12.0 Å². The third-order valence-electron chi connectivity index (χ3n) is 3.24. The fraction of sp³-hybridized carbons (Fsp3) is 0.357. The van der Waals surface area contributed by atoms with E-state index in [-0.39, 0.29) is 6.54 Å². The predicted molar refractivity (Wildman–Crippen MR) is 88.2 cm³/mol. The van der Waals surface area contributed by atoms with Gasteiger partial charge in [0.25, 0.3) is 0 Å². The average molecular weight is 361 g/mol. The molecule has 0 fully saturated rings. The average Bonchev–Trinajstić information content (AvgIpc) is 2.44. The van der Waals surface area contributed by atoms with Crippen LogP contribution in [0.25, 0.3) is 0 Å². The molecule has 0 radical (unpaired) electrons. The Balaban J connectivity index is 2.71. The number of urea groups is 1. The van der Waals surface area contributed by atoms with Crippen molar-refractivity contribution in [1.82, 2.24) is 10.6 Å². The summed E-state index contributed by atoms with van der Waals surface area (Å²) in [6.45, 7) is 3.97. The molecule has 0 bridgehead atoms. The Labute approximate surface area is 143 Å². The van der Waals surface area contributed by atoms with Gasteiger partial charge in [-0.25, -0.2) is 4.79 Å². The molecule has 7 nitrogen and oxygen atoms in total. The van der Waals surface area contributed by atoms with E-state index in [0.29, 0.717) is 10.0 Å². The zero-order chi connectivity index (χ0) is 17.8. The molecule has 23 heavy (non-hydrogen) atoms. The van der Waals surface area contributed by atoms with Crippen molar-refractivity contribution in [3.05, 3.63) is 33.8 Å². The number of amides is 4. The fourth-order valence-electron chi connectivity index (χ4n) is 1.79. The van der Waals surface area contributed by atoms with E-state index in [4.69, 9.17) is 34.7 Å². The topological polar surface area (TPSA) is 127 Å². The second-order valence-corrected chi connectivity index (χ2v) is 6.39. The number of carbonyl (C=O) groups is 3. The first-order valence-electron chi connectivity index (χ1n) is 6.63. The molecule has 126 valence electrons. The number of hydrogen-bond donors (Lipinski definition) is 4. The van der Waals surface area contributed by atoms with Crippen LogP contribution in [-0.2, 0) is 15.0 Å². The van der Waals surface area contributed by atoms with E-state index < -0.39 is 29.3 Å². The highest BCUT2D eigenvalue weighted by molar-refractivity contribution is 6.42. The lowest BCUT2D eigenvalue weighted by molar-refractivity contribution is -0.128. The first-order valence-corrected chi connectivity index (χ1v) is 7.38. The van der Waals surface area contributed by atoms with E-state index in [0.717, 1.165) is 5.56 Å². The summed E-state index contributed by atoms with van der Waals surface area (Å²) in [4.78, 5) is 33.8. The fourth-order valence-corrected chi connectivity index (χ4v) is 2.08. The third-order valence-corrected chi connectivity index (χ3v) is 3.98. The summed E-state index contributed by atoms with van der Waals surface area (Å²) in [6, 6.07) is 2.86. The maximum atomic E-state index is 11.8. The Morgan fingerprint density at radius 2 is 1.70 bits per heavy atom. The number of benzene rings is 1. The van der Waals surface area contributed by atoms with Crippen molar-refractivity contribution >= 4 is 41.0 Å². The Bertz CT molecular complexity index is 620. The molecule has 1 aromatic rings. The van der Waals surface area contributed by atoms with Gasteiger partial charge in [-0.2, -0.15) is 0 Å². The predicted octanol–water partition coefficient (Wildman–Crippen LogP) is 0.909. The van der Waals surface area contributed by atoms with Crippen LogP contribution in [0, 0.1) is 0 Å². The van der Waals surface area contributed by atoms with E-state index >= 15 is 0 Å². The molecule has 0 aliphatic carbocycles. The SMILES string of the molecule is CC(C)(CNC(=O)NC(C(N)=O)C(N)=O)c1ccc(Cl)c(Cl)c1. The third kappa shape index (κ3) is 5.30. The first-order chi connectivity index (χ1) is 10.5. The van der Waals surface area contributed by atoms with Crippen molar-refractivity contribution in [2.24, 2.45) is 11.5 Å². The van der Waals surface area contributed by atoms with Gasteiger partial charge < -0.3 is 22.1 Å². The van der Waals surface area contributed by atoms with Gasteiger partial charge in [-0.1, -0.05) is 43.1 Å². The second kappa shape index (κ2) is 7.52. The summed E-state index contributed by atoms with van der Waals surface area (Å²) in [6.07, 6.45) is 0. The Hall–Kier alpha value is -1.99. The van der Waals surface area contributed by atoms with Crippen molar-refractivity contribution in [1.29, 1.82) is 0 Å². The van der Waals surface area contributed by atoms with E-state index in [2.05, 4.69) is 10.6 Å². The van der Waals surface area contributed by atoms with E-state index in [1.807, 2.05) is 13.8 Å². The smallest absolute Gasteiger partial charge is 0.315 e. The van der Waals surface area contributed by atoms with Crippen molar-refractivity contribution < 1.29 is 14.4 Å². The normalized spacial score (nSPS) is 11.2. The molecule has 0 spiro atoms. The summed E-state index contributed by atoms with van der Waals surface area (Å²) in [7, 11) is 0. The number of hydrogen-bond acceptors (Lipinski definition) is 3. The zero-order valence-electron chi connectivity index (χ0n) is 12.7. The summed E-state index contributed by atoms with van der Waals surface area (Å²) in [5, 5.41) is 5.51. The molecule has 0 saturated heterocycles. The van der Waals surface area contributed by atoms with Crippen LogP contribution in [0.2, 0.25) is 10.0 Å². The Kier molecular flexibility index (Phi) is 6.23. The van der Waals surface area contributed by atoms with Crippen molar-refractivity contribution in [2.45, 2.75) is 25.3 Å². The lowest BCUT2D eigenvalue weighted by Crippen LogP contribution is -2.55. The van der Waals surface area contributed by atoms with E-state index in [1.54, 1.807) is 18.2 Å². The molecule has 0 saturated carbocycles. The molecular formula is C14H18Cl2N4O3. The van der Waals surface area contributed by atoms with Crippen molar-refractivity contribution in [2.75, 3.05) is 6.54 Å². The van der Waals surface area contributed by atoms with Gasteiger partial charge in [-0.3, -0.25) is 9.59 Å². The van der Waals surface area contributed by atoms with Gasteiger partial charge in [-0.15, -0.1) is 0 Å². The van der Waals surface area contributed by atoms with Gasteiger partial charge in [-0.05, 0) is 17.7 Å². The van der Waals surface area contributed by atoms with Crippen molar-refractivity contribution in [3.8, 4) is 0 Å². The number of nitrogens with one attached hydrogen (secondary N) is 2. The van der Waals surface area contributed by atoms with Crippen LogP contribution in [0.4, 0.5) is 4.79 Å². The van der Waals surface area contributed by atoms with Crippen LogP contribution < -0.4 is 22.1 Å². The lowest BCUT2D eigenvalue weighted by atomic mass is 9.84. The highest BCUT2D eigenvalue weighted by Crippen LogP contribution is 2.29. The standard InChI is InChI=1S/C14H18Cl2N4O3/c1-14(2,7-3-4-8(15)9(16)5-7)6-19-13(23)20-10(11(17)21)12(18)22/h3-5,10H,6H2,1-2H3,(H2,17,21)(H2,18,22)(H2,19,20,23). The molecule has 0 aromatic heterocycles. The molecule has 0 unspecified atom stereocenters. The number of halogens is 2. The van der Waals surface area contributed by atoms with E-state index in [1.165, 1.54) is 0 Å². The number of rotatable bonds is 6. The maximum absolute atomic E-state index is 11.8. The van der Waals surface area contributed by atoms with Gasteiger partial charge in [0.2, 0.25) is 11.8 Å².